The van der Waals surface area contributed by atoms with Crippen molar-refractivity contribution < 1.29 is 9.53 Å². The van der Waals surface area contributed by atoms with Gasteiger partial charge >= 0.3 is 5.97 Å². The minimum absolute atomic E-state index is 0.363. The minimum atomic E-state index is -0.484. The van der Waals surface area contributed by atoms with Crippen molar-refractivity contribution in [1.82, 2.24) is 0 Å². The molecule has 17 heavy (non-hydrogen) atoms. The molecule has 2 nitrogen and oxygen atoms in total. The Morgan fingerprint density at radius 3 is 2.59 bits per heavy atom. The van der Waals surface area contributed by atoms with E-state index >= 15 is 0 Å². The number of aryl methyl sites for hydroxylation is 1. The van der Waals surface area contributed by atoms with E-state index in [0.717, 1.165) is 12.8 Å². The van der Waals surface area contributed by atoms with Crippen LogP contribution in [0.4, 0.5) is 0 Å². The summed E-state index contributed by atoms with van der Waals surface area (Å²) in [4.78, 5) is 11.6. The summed E-state index contributed by atoms with van der Waals surface area (Å²) >= 11 is 0. The summed E-state index contributed by atoms with van der Waals surface area (Å²) in [5.74, 6) is 2.00. The van der Waals surface area contributed by atoms with Crippen molar-refractivity contribution in [2.24, 2.45) is 0 Å². The van der Waals surface area contributed by atoms with Crippen molar-refractivity contribution in [2.75, 3.05) is 0 Å². The van der Waals surface area contributed by atoms with Crippen LogP contribution >= 0.6 is 0 Å². The summed E-state index contributed by atoms with van der Waals surface area (Å²) < 4.78 is 5.03. The molecular weight excluding hydrogens is 212 g/mol. The van der Waals surface area contributed by atoms with Crippen molar-refractivity contribution in [3.63, 3.8) is 0 Å². The molecule has 1 atom stereocenters. The van der Waals surface area contributed by atoms with Gasteiger partial charge in [-0.25, -0.2) is 4.79 Å². The van der Waals surface area contributed by atoms with Gasteiger partial charge in [0.2, 0.25) is 0 Å². The van der Waals surface area contributed by atoms with Gasteiger partial charge in [-0.05, 0) is 37.5 Å². The van der Waals surface area contributed by atoms with E-state index in [0.29, 0.717) is 5.56 Å². The van der Waals surface area contributed by atoms with Crippen LogP contribution in [0.15, 0.2) is 24.3 Å². The predicted octanol–water partition coefficient (Wildman–Crippen LogP) is 3.21. The third-order valence-electron chi connectivity index (χ3n) is 2.53. The van der Waals surface area contributed by atoms with E-state index in [1.807, 2.05) is 12.1 Å². The molecule has 0 aromatic heterocycles. The molecule has 2 heteroatoms. The summed E-state index contributed by atoms with van der Waals surface area (Å²) in [6.07, 6.45) is 8.05. The molecule has 1 rings (SSSR count). The Labute approximate surface area is 103 Å². The number of esters is 1. The quantitative estimate of drug-likeness (QED) is 0.573. The molecule has 0 spiro atoms. The molecule has 0 aliphatic carbocycles. The molecule has 1 unspecified atom stereocenters. The molecule has 0 amide bonds. The topological polar surface area (TPSA) is 26.3 Å². The standard InChI is InChI=1S/C15H18O2/c1-4-6-7-13-8-10-14(11-9-13)15(16)17-12(3)5-2/h2,8-12H,4,6-7H2,1,3H3. The van der Waals surface area contributed by atoms with Crippen LogP contribution in [0.1, 0.15) is 42.6 Å². The Bertz CT molecular complexity index is 398. The van der Waals surface area contributed by atoms with Crippen LogP contribution in [-0.4, -0.2) is 12.1 Å². The lowest BCUT2D eigenvalue weighted by Gasteiger charge is -2.07. The Hall–Kier alpha value is -1.75. The summed E-state index contributed by atoms with van der Waals surface area (Å²) in [5.41, 5.74) is 1.79. The second-order valence-corrected chi connectivity index (χ2v) is 4.01. The van der Waals surface area contributed by atoms with Gasteiger partial charge in [-0.3, -0.25) is 0 Å². The lowest BCUT2D eigenvalue weighted by molar-refractivity contribution is 0.0439. The first-order valence-corrected chi connectivity index (χ1v) is 5.93. The highest BCUT2D eigenvalue weighted by atomic mass is 16.5. The number of hydrogen-bond donors (Lipinski definition) is 0. The van der Waals surface area contributed by atoms with Gasteiger partial charge in [-0.2, -0.15) is 0 Å². The summed E-state index contributed by atoms with van der Waals surface area (Å²) in [7, 11) is 0. The van der Waals surface area contributed by atoms with Crippen molar-refractivity contribution in [2.45, 2.75) is 39.2 Å². The van der Waals surface area contributed by atoms with Gasteiger partial charge < -0.3 is 4.74 Å². The average Bonchev–Trinajstić information content (AvgIpc) is 2.36. The van der Waals surface area contributed by atoms with E-state index in [4.69, 9.17) is 11.2 Å². The van der Waals surface area contributed by atoms with Gasteiger partial charge in [0.05, 0.1) is 5.56 Å². The van der Waals surface area contributed by atoms with Gasteiger partial charge in [0.15, 0.2) is 6.10 Å². The number of benzene rings is 1. The van der Waals surface area contributed by atoms with Crippen molar-refractivity contribution in [3.8, 4) is 12.3 Å². The highest BCUT2D eigenvalue weighted by Gasteiger charge is 2.09. The second kappa shape index (κ2) is 6.75. The third kappa shape index (κ3) is 4.32. The van der Waals surface area contributed by atoms with Crippen molar-refractivity contribution >= 4 is 5.97 Å². The Kier molecular flexibility index (Phi) is 5.29. The predicted molar refractivity (Wildman–Crippen MR) is 68.8 cm³/mol. The van der Waals surface area contributed by atoms with Gasteiger partial charge in [0.25, 0.3) is 0 Å². The van der Waals surface area contributed by atoms with Gasteiger partial charge in [-0.1, -0.05) is 31.4 Å². The van der Waals surface area contributed by atoms with Crippen LogP contribution in [0.5, 0.6) is 0 Å². The molecule has 0 fully saturated rings. The van der Waals surface area contributed by atoms with E-state index < -0.39 is 6.10 Å². The number of hydrogen-bond acceptors (Lipinski definition) is 2. The molecule has 0 radical (unpaired) electrons. The zero-order valence-electron chi connectivity index (χ0n) is 10.4. The largest absolute Gasteiger partial charge is 0.446 e. The fourth-order valence-electron chi connectivity index (χ4n) is 1.45. The number of rotatable bonds is 5. The number of unbranched alkanes of at least 4 members (excludes halogenated alkanes) is 1. The van der Waals surface area contributed by atoms with E-state index in [1.165, 1.54) is 12.0 Å². The van der Waals surface area contributed by atoms with Gasteiger partial charge in [0.1, 0.15) is 0 Å². The number of carbonyl (C=O) groups is 1. The van der Waals surface area contributed by atoms with Crippen LogP contribution in [0.3, 0.4) is 0 Å². The maximum absolute atomic E-state index is 11.6. The second-order valence-electron chi connectivity index (χ2n) is 4.01. The zero-order valence-corrected chi connectivity index (χ0v) is 10.4. The molecule has 0 heterocycles. The molecule has 0 aliphatic rings. The van der Waals surface area contributed by atoms with E-state index in [1.54, 1.807) is 19.1 Å². The molecule has 0 saturated carbocycles. The highest BCUT2D eigenvalue weighted by molar-refractivity contribution is 5.89. The molecule has 1 aromatic carbocycles. The summed E-state index contributed by atoms with van der Waals surface area (Å²) in [5, 5.41) is 0. The van der Waals surface area contributed by atoms with Crippen LogP contribution in [0.2, 0.25) is 0 Å². The first-order valence-electron chi connectivity index (χ1n) is 5.93. The summed E-state index contributed by atoms with van der Waals surface area (Å²) in [6.45, 7) is 3.83. The van der Waals surface area contributed by atoms with Crippen LogP contribution in [0.25, 0.3) is 0 Å². The smallest absolute Gasteiger partial charge is 0.339 e. The van der Waals surface area contributed by atoms with E-state index in [-0.39, 0.29) is 5.97 Å². The first-order chi connectivity index (χ1) is 8.17. The summed E-state index contributed by atoms with van der Waals surface area (Å²) in [6, 6.07) is 7.51. The molecule has 0 aliphatic heterocycles. The Balaban J connectivity index is 2.61. The molecule has 0 bridgehead atoms. The fourth-order valence-corrected chi connectivity index (χ4v) is 1.45. The zero-order chi connectivity index (χ0) is 12.7. The fraction of sp³-hybridized carbons (Fsp3) is 0.400. The maximum Gasteiger partial charge on any atom is 0.339 e. The molecular formula is C15H18O2. The third-order valence-corrected chi connectivity index (χ3v) is 2.53. The SMILES string of the molecule is C#CC(C)OC(=O)c1ccc(CCCC)cc1. The Morgan fingerprint density at radius 2 is 2.06 bits per heavy atom. The molecule has 0 N–H and O–H groups in total. The van der Waals surface area contributed by atoms with Crippen molar-refractivity contribution in [1.29, 1.82) is 0 Å². The first kappa shape index (κ1) is 13.3. The van der Waals surface area contributed by atoms with E-state index in [2.05, 4.69) is 12.8 Å². The average molecular weight is 230 g/mol. The minimum Gasteiger partial charge on any atom is -0.446 e. The number of ether oxygens (including phenoxy) is 1. The monoisotopic (exact) mass is 230 g/mol. The van der Waals surface area contributed by atoms with Crippen molar-refractivity contribution in [3.05, 3.63) is 35.4 Å². The molecule has 0 saturated heterocycles. The van der Waals surface area contributed by atoms with Gasteiger partial charge in [0, 0.05) is 0 Å². The van der Waals surface area contributed by atoms with E-state index in [9.17, 15) is 4.79 Å². The Morgan fingerprint density at radius 1 is 1.41 bits per heavy atom. The molecule has 1 aromatic rings. The molecule has 90 valence electrons. The number of terminal acetylenes is 1. The lowest BCUT2D eigenvalue weighted by Crippen LogP contribution is -2.12. The van der Waals surface area contributed by atoms with Crippen LogP contribution < -0.4 is 0 Å². The number of carbonyl (C=O) groups excluding carboxylic acids is 1. The normalized spacial score (nSPS) is 11.6. The van der Waals surface area contributed by atoms with Crippen LogP contribution in [-0.2, 0) is 11.2 Å². The van der Waals surface area contributed by atoms with Crippen LogP contribution in [0, 0.1) is 12.3 Å². The highest BCUT2D eigenvalue weighted by Crippen LogP contribution is 2.09. The van der Waals surface area contributed by atoms with Gasteiger partial charge in [-0.15, -0.1) is 6.42 Å². The lowest BCUT2D eigenvalue weighted by atomic mass is 10.1. The maximum atomic E-state index is 11.6.